The molecule has 2 amide bonds. The zero-order valence-corrected chi connectivity index (χ0v) is 26.8. The van der Waals surface area contributed by atoms with Crippen LogP contribution < -0.4 is 10.1 Å². The largest absolute Gasteiger partial charge is 0.497 e. The first-order valence-corrected chi connectivity index (χ1v) is 16.6. The monoisotopic (exact) mass is 653 g/mol. The first kappa shape index (κ1) is 31.3. The highest BCUT2D eigenvalue weighted by atomic mass is 32.2. The van der Waals surface area contributed by atoms with Crippen molar-refractivity contribution in [1.82, 2.24) is 15.4 Å². The van der Waals surface area contributed by atoms with Gasteiger partial charge in [0.05, 0.1) is 12.9 Å². The van der Waals surface area contributed by atoms with E-state index in [0.29, 0.717) is 28.5 Å². The number of esters is 1. The minimum Gasteiger partial charge on any atom is -0.497 e. The second-order valence-electron chi connectivity index (χ2n) is 10.7. The number of allylic oxidation sites excluding steroid dienone is 1. The second-order valence-corrected chi connectivity index (χ2v) is 12.8. The van der Waals surface area contributed by atoms with Crippen molar-refractivity contribution in [2.24, 2.45) is 0 Å². The number of benzene rings is 3. The number of hydrogen-bond donors (Lipinski definition) is 1. The summed E-state index contributed by atoms with van der Waals surface area (Å²) < 4.78 is 16.4. The Kier molecular flexibility index (Phi) is 9.60. The molecule has 0 radical (unpaired) electrons. The Balaban J connectivity index is 1.19. The minimum absolute atomic E-state index is 0.0159. The van der Waals surface area contributed by atoms with Gasteiger partial charge in [-0.2, -0.15) is 0 Å². The average molecular weight is 654 g/mol. The first-order valence-electron chi connectivity index (χ1n) is 14.6. The molecule has 1 saturated heterocycles. The lowest BCUT2D eigenvalue weighted by molar-refractivity contribution is -0.153. The van der Waals surface area contributed by atoms with Crippen LogP contribution in [0.1, 0.15) is 16.9 Å². The zero-order valence-electron chi connectivity index (χ0n) is 25.2. The molecule has 0 spiro atoms. The van der Waals surface area contributed by atoms with E-state index in [1.54, 1.807) is 31.4 Å². The summed E-state index contributed by atoms with van der Waals surface area (Å²) in [5, 5.41) is 6.60. The predicted octanol–water partition coefficient (Wildman–Crippen LogP) is 5.86. The van der Waals surface area contributed by atoms with Crippen molar-refractivity contribution in [3.8, 4) is 17.0 Å². The third kappa shape index (κ3) is 7.05. The Hall–Kier alpha value is -4.74. The summed E-state index contributed by atoms with van der Waals surface area (Å²) >= 11 is 2.87. The van der Waals surface area contributed by atoms with Crippen LogP contribution in [0.2, 0.25) is 0 Å². The number of rotatable bonds is 11. The summed E-state index contributed by atoms with van der Waals surface area (Å²) in [7, 11) is 1.58. The van der Waals surface area contributed by atoms with E-state index in [9.17, 15) is 14.4 Å². The van der Waals surface area contributed by atoms with Crippen LogP contribution in [0.5, 0.6) is 5.75 Å². The molecule has 11 heteroatoms. The fourth-order valence-corrected chi connectivity index (χ4v) is 7.04. The van der Waals surface area contributed by atoms with E-state index in [2.05, 4.69) is 10.5 Å². The third-order valence-electron chi connectivity index (χ3n) is 7.47. The summed E-state index contributed by atoms with van der Waals surface area (Å²) in [5.41, 5.74) is 4.29. The van der Waals surface area contributed by atoms with Gasteiger partial charge in [-0.25, -0.2) is 4.79 Å². The van der Waals surface area contributed by atoms with Gasteiger partial charge in [0, 0.05) is 22.3 Å². The lowest BCUT2D eigenvalue weighted by atomic mass is 10.0. The molecule has 0 bridgehead atoms. The Labute approximate surface area is 275 Å². The number of nitrogens with zero attached hydrogens (tertiary/aromatic N) is 2. The van der Waals surface area contributed by atoms with Gasteiger partial charge in [0.25, 0.3) is 5.91 Å². The number of aryl methyl sites for hydroxylation is 1. The van der Waals surface area contributed by atoms with Crippen molar-refractivity contribution in [2.45, 2.75) is 29.8 Å². The predicted molar refractivity (Wildman–Crippen MR) is 178 cm³/mol. The van der Waals surface area contributed by atoms with Crippen LogP contribution >= 0.6 is 23.5 Å². The SMILES string of the molecule is COc1ccc(COC(=O)C2=C(/C=C/c3cc(-c4ccc(C)cc4)no3)CSC3[C@H](NC(=O)CSc4ccccc4)C(=O)N23)cc1. The highest BCUT2D eigenvalue weighted by molar-refractivity contribution is 8.00. The molecule has 1 N–H and O–H groups in total. The van der Waals surface area contributed by atoms with E-state index in [0.717, 1.165) is 21.6 Å². The van der Waals surface area contributed by atoms with Crippen LogP contribution in [0.4, 0.5) is 0 Å². The highest BCUT2D eigenvalue weighted by Crippen LogP contribution is 2.41. The molecule has 1 fully saturated rings. The number of hydrogen-bond acceptors (Lipinski definition) is 9. The number of fused-ring (bicyclic) bond motifs is 1. The lowest BCUT2D eigenvalue weighted by Gasteiger charge is -2.49. The standard InChI is InChI=1S/C35H31N3O6S2/c1-22-8-12-24(13-9-22)29-18-27(44-37-29)17-14-25-20-46-34-31(36-30(39)21-45-28-6-4-3-5-7-28)33(40)38(34)32(25)35(41)43-19-23-10-15-26(42-2)16-11-23/h3-18,31,34H,19-21H2,1-2H3,(H,36,39)/b17-14+/t31-,34?/m1/s1. The van der Waals surface area contributed by atoms with E-state index in [-0.39, 0.29) is 29.9 Å². The van der Waals surface area contributed by atoms with Gasteiger partial charge in [0.2, 0.25) is 5.91 Å². The number of ether oxygens (including phenoxy) is 2. The molecule has 2 aliphatic rings. The second kappa shape index (κ2) is 14.1. The Morgan fingerprint density at radius 2 is 1.83 bits per heavy atom. The molecule has 3 heterocycles. The molecule has 0 aliphatic carbocycles. The van der Waals surface area contributed by atoms with Crippen LogP contribution in [0.3, 0.4) is 0 Å². The molecule has 6 rings (SSSR count). The highest BCUT2D eigenvalue weighted by Gasteiger charge is 2.54. The van der Waals surface area contributed by atoms with Crippen molar-refractivity contribution in [3.05, 3.63) is 119 Å². The van der Waals surface area contributed by atoms with Crippen molar-refractivity contribution < 1.29 is 28.4 Å². The van der Waals surface area contributed by atoms with Crippen LogP contribution in [-0.2, 0) is 25.7 Å². The number of carbonyl (C=O) groups is 3. The Bertz CT molecular complexity index is 1790. The normalized spacial score (nSPS) is 17.4. The molecule has 9 nitrogen and oxygen atoms in total. The molecule has 2 aliphatic heterocycles. The molecule has 3 aromatic carbocycles. The van der Waals surface area contributed by atoms with E-state index in [1.165, 1.54) is 28.4 Å². The van der Waals surface area contributed by atoms with Gasteiger partial charge in [-0.3, -0.25) is 14.5 Å². The first-order chi connectivity index (χ1) is 22.4. The smallest absolute Gasteiger partial charge is 0.355 e. The van der Waals surface area contributed by atoms with Crippen molar-refractivity contribution in [1.29, 1.82) is 0 Å². The fourth-order valence-electron chi connectivity index (χ4n) is 4.99. The Morgan fingerprint density at radius 1 is 1.07 bits per heavy atom. The van der Waals surface area contributed by atoms with Gasteiger partial charge in [0.15, 0.2) is 5.76 Å². The maximum absolute atomic E-state index is 13.6. The number of nitrogens with one attached hydrogen (secondary N) is 1. The molecule has 46 heavy (non-hydrogen) atoms. The third-order valence-corrected chi connectivity index (χ3v) is 9.79. The molecule has 1 unspecified atom stereocenters. The van der Waals surface area contributed by atoms with E-state index in [4.69, 9.17) is 14.0 Å². The number of thioether (sulfide) groups is 2. The quantitative estimate of drug-likeness (QED) is 0.121. The zero-order chi connectivity index (χ0) is 32.0. The van der Waals surface area contributed by atoms with Gasteiger partial charge < -0.3 is 19.3 Å². The topological polar surface area (TPSA) is 111 Å². The summed E-state index contributed by atoms with van der Waals surface area (Å²) in [4.78, 5) is 42.2. The average Bonchev–Trinajstić information content (AvgIpc) is 3.57. The van der Waals surface area contributed by atoms with E-state index < -0.39 is 17.4 Å². The molecule has 0 saturated carbocycles. The van der Waals surface area contributed by atoms with Crippen LogP contribution in [0.15, 0.2) is 112 Å². The molecule has 2 atom stereocenters. The Morgan fingerprint density at radius 3 is 2.57 bits per heavy atom. The van der Waals surface area contributed by atoms with Crippen molar-refractivity contribution in [3.63, 3.8) is 0 Å². The van der Waals surface area contributed by atoms with Crippen molar-refractivity contribution in [2.75, 3.05) is 18.6 Å². The van der Waals surface area contributed by atoms with Crippen molar-refractivity contribution >= 4 is 47.4 Å². The number of carbonyl (C=O) groups excluding carboxylic acids is 3. The maximum Gasteiger partial charge on any atom is 0.355 e. The number of aromatic nitrogens is 1. The molecule has 234 valence electrons. The fraction of sp³-hybridized carbons (Fsp3) is 0.200. The van der Waals surface area contributed by atoms with Gasteiger partial charge >= 0.3 is 5.97 Å². The molecule has 4 aromatic rings. The van der Waals surface area contributed by atoms with Gasteiger partial charge in [-0.1, -0.05) is 71.4 Å². The number of methoxy groups -OCH3 is 1. The van der Waals surface area contributed by atoms with Gasteiger partial charge in [0.1, 0.15) is 35.2 Å². The lowest BCUT2D eigenvalue weighted by Crippen LogP contribution is -2.70. The molecular formula is C35H31N3O6S2. The number of β-lactam (4-membered cyclic amide) rings is 1. The minimum atomic E-state index is -0.741. The maximum atomic E-state index is 13.6. The number of amides is 2. The summed E-state index contributed by atoms with van der Waals surface area (Å²) in [5.74, 6) is 0.542. The van der Waals surface area contributed by atoms with Gasteiger partial charge in [-0.15, -0.1) is 23.5 Å². The van der Waals surface area contributed by atoms with E-state index >= 15 is 0 Å². The van der Waals surface area contributed by atoms with Crippen LogP contribution in [-0.4, -0.2) is 57.9 Å². The summed E-state index contributed by atoms with van der Waals surface area (Å²) in [6.45, 7) is 2.03. The summed E-state index contributed by atoms with van der Waals surface area (Å²) in [6, 6.07) is 25.8. The van der Waals surface area contributed by atoms with Gasteiger partial charge in [-0.05, 0) is 48.4 Å². The molecular weight excluding hydrogens is 623 g/mol. The van der Waals surface area contributed by atoms with E-state index in [1.807, 2.05) is 79.7 Å². The van der Waals surface area contributed by atoms with Crippen LogP contribution in [0, 0.1) is 6.92 Å². The molecule has 1 aromatic heterocycles. The van der Waals surface area contributed by atoms with Crippen LogP contribution in [0.25, 0.3) is 17.3 Å². The summed E-state index contributed by atoms with van der Waals surface area (Å²) in [6.07, 6.45) is 3.48.